The summed E-state index contributed by atoms with van der Waals surface area (Å²) in [5, 5.41) is 11.7. The van der Waals surface area contributed by atoms with Gasteiger partial charge >= 0.3 is 0 Å². The largest absolute Gasteiger partial charge is 0.491 e. The van der Waals surface area contributed by atoms with E-state index in [1.807, 2.05) is 13.8 Å². The maximum atomic E-state index is 11.8. The van der Waals surface area contributed by atoms with Gasteiger partial charge in [-0.1, -0.05) is 13.8 Å². The number of benzene rings is 1. The maximum absolute atomic E-state index is 11.8. The zero-order valence-electron chi connectivity index (χ0n) is 11.8. The van der Waals surface area contributed by atoms with Crippen LogP contribution in [0.25, 0.3) is 0 Å². The van der Waals surface area contributed by atoms with Crippen molar-refractivity contribution < 1.29 is 14.6 Å². The third-order valence-electron chi connectivity index (χ3n) is 2.95. The van der Waals surface area contributed by atoms with Crippen LogP contribution in [-0.2, 0) is 0 Å². The molecule has 0 saturated carbocycles. The summed E-state index contributed by atoms with van der Waals surface area (Å²) in [6.07, 6.45) is 1.12. The molecule has 0 fully saturated rings. The minimum absolute atomic E-state index is 0.0666. The molecule has 1 aromatic carbocycles. The van der Waals surface area contributed by atoms with Gasteiger partial charge in [0.15, 0.2) is 0 Å². The fraction of sp³-hybridized carbons (Fsp3) is 0.533. The first-order valence-electron chi connectivity index (χ1n) is 6.72. The van der Waals surface area contributed by atoms with Crippen molar-refractivity contribution in [3.63, 3.8) is 0 Å². The number of rotatable bonds is 7. The monoisotopic (exact) mass is 265 g/mol. The number of hydrogen-bond acceptors (Lipinski definition) is 3. The molecule has 4 nitrogen and oxygen atoms in total. The van der Waals surface area contributed by atoms with E-state index in [2.05, 4.69) is 12.2 Å². The molecule has 0 radical (unpaired) electrons. The SMILES string of the molecule is CCC(C)Oc1ccc(C(=O)NCC(C)CO)cc1. The first kappa shape index (κ1) is 15.5. The average molecular weight is 265 g/mol. The minimum Gasteiger partial charge on any atom is -0.491 e. The Hall–Kier alpha value is -1.55. The Bertz CT molecular complexity index is 389. The van der Waals surface area contributed by atoms with Crippen molar-refractivity contribution in [2.75, 3.05) is 13.2 Å². The highest BCUT2D eigenvalue weighted by molar-refractivity contribution is 5.94. The van der Waals surface area contributed by atoms with Crippen LogP contribution < -0.4 is 10.1 Å². The van der Waals surface area contributed by atoms with Crippen molar-refractivity contribution in [3.05, 3.63) is 29.8 Å². The molecule has 2 N–H and O–H groups in total. The van der Waals surface area contributed by atoms with E-state index >= 15 is 0 Å². The molecule has 0 spiro atoms. The highest BCUT2D eigenvalue weighted by Crippen LogP contribution is 2.14. The van der Waals surface area contributed by atoms with Crippen molar-refractivity contribution in [1.82, 2.24) is 5.32 Å². The third kappa shape index (κ3) is 5.30. The Labute approximate surface area is 114 Å². The van der Waals surface area contributed by atoms with Crippen molar-refractivity contribution in [2.45, 2.75) is 33.3 Å². The van der Waals surface area contributed by atoms with Crippen LogP contribution in [0.1, 0.15) is 37.6 Å². The maximum Gasteiger partial charge on any atom is 0.251 e. The number of carbonyl (C=O) groups excluding carboxylic acids is 1. The van der Waals surface area contributed by atoms with Gasteiger partial charge in [-0.2, -0.15) is 0 Å². The summed E-state index contributed by atoms with van der Waals surface area (Å²) in [5.41, 5.74) is 0.599. The van der Waals surface area contributed by atoms with Crippen molar-refractivity contribution in [3.8, 4) is 5.75 Å². The highest BCUT2D eigenvalue weighted by atomic mass is 16.5. The Morgan fingerprint density at radius 3 is 2.47 bits per heavy atom. The molecular weight excluding hydrogens is 242 g/mol. The van der Waals surface area contributed by atoms with Gasteiger partial charge in [0.2, 0.25) is 0 Å². The average Bonchev–Trinajstić information content (AvgIpc) is 2.44. The number of aliphatic hydroxyl groups excluding tert-OH is 1. The van der Waals surface area contributed by atoms with Crippen molar-refractivity contribution in [2.24, 2.45) is 5.92 Å². The van der Waals surface area contributed by atoms with E-state index in [4.69, 9.17) is 9.84 Å². The molecule has 0 aromatic heterocycles. The van der Waals surface area contributed by atoms with Crippen LogP contribution in [0.2, 0.25) is 0 Å². The number of hydrogen-bond donors (Lipinski definition) is 2. The Morgan fingerprint density at radius 1 is 1.32 bits per heavy atom. The van der Waals surface area contributed by atoms with Crippen molar-refractivity contribution >= 4 is 5.91 Å². The van der Waals surface area contributed by atoms with E-state index in [1.54, 1.807) is 24.3 Å². The van der Waals surface area contributed by atoms with E-state index in [0.717, 1.165) is 12.2 Å². The van der Waals surface area contributed by atoms with Gasteiger partial charge in [-0.15, -0.1) is 0 Å². The molecule has 2 unspecified atom stereocenters. The first-order valence-corrected chi connectivity index (χ1v) is 6.72. The topological polar surface area (TPSA) is 58.6 Å². The zero-order chi connectivity index (χ0) is 14.3. The molecule has 19 heavy (non-hydrogen) atoms. The van der Waals surface area contributed by atoms with Gasteiger partial charge in [0, 0.05) is 18.7 Å². The van der Waals surface area contributed by atoms with Crippen LogP contribution in [-0.4, -0.2) is 30.3 Å². The Kier molecular flexibility index (Phi) is 6.36. The normalized spacial score (nSPS) is 13.7. The smallest absolute Gasteiger partial charge is 0.251 e. The van der Waals surface area contributed by atoms with Crippen LogP contribution in [0.15, 0.2) is 24.3 Å². The molecule has 0 aliphatic heterocycles. The van der Waals surface area contributed by atoms with Gasteiger partial charge in [0.05, 0.1) is 6.10 Å². The van der Waals surface area contributed by atoms with Gasteiger partial charge in [-0.25, -0.2) is 0 Å². The molecule has 0 aliphatic rings. The van der Waals surface area contributed by atoms with E-state index in [1.165, 1.54) is 0 Å². The van der Waals surface area contributed by atoms with Crippen LogP contribution in [0.3, 0.4) is 0 Å². The highest BCUT2D eigenvalue weighted by Gasteiger charge is 2.08. The van der Waals surface area contributed by atoms with E-state index in [-0.39, 0.29) is 24.5 Å². The molecule has 2 atom stereocenters. The zero-order valence-corrected chi connectivity index (χ0v) is 11.8. The Morgan fingerprint density at radius 2 is 1.95 bits per heavy atom. The van der Waals surface area contributed by atoms with Crippen LogP contribution in [0, 0.1) is 5.92 Å². The molecule has 106 valence electrons. The van der Waals surface area contributed by atoms with Crippen LogP contribution in [0.5, 0.6) is 5.75 Å². The molecule has 0 bridgehead atoms. The third-order valence-corrected chi connectivity index (χ3v) is 2.95. The lowest BCUT2D eigenvalue weighted by Crippen LogP contribution is -2.29. The van der Waals surface area contributed by atoms with Crippen LogP contribution in [0.4, 0.5) is 0 Å². The summed E-state index contributed by atoms with van der Waals surface area (Å²) in [7, 11) is 0. The van der Waals surface area contributed by atoms with Gasteiger partial charge in [-0.3, -0.25) is 4.79 Å². The lowest BCUT2D eigenvalue weighted by molar-refractivity contribution is 0.0942. The summed E-state index contributed by atoms with van der Waals surface area (Å²) in [5.74, 6) is 0.710. The molecule has 0 aliphatic carbocycles. The fourth-order valence-corrected chi connectivity index (χ4v) is 1.43. The Balaban J connectivity index is 2.53. The summed E-state index contributed by atoms with van der Waals surface area (Å²) >= 11 is 0. The summed E-state index contributed by atoms with van der Waals surface area (Å²) in [6, 6.07) is 7.10. The minimum atomic E-state index is -0.129. The summed E-state index contributed by atoms with van der Waals surface area (Å²) in [4.78, 5) is 11.8. The lowest BCUT2D eigenvalue weighted by Gasteiger charge is -2.13. The lowest BCUT2D eigenvalue weighted by atomic mass is 10.1. The predicted octanol–water partition coefficient (Wildman–Crippen LogP) is 2.22. The van der Waals surface area contributed by atoms with Gasteiger partial charge < -0.3 is 15.2 Å². The summed E-state index contributed by atoms with van der Waals surface area (Å²) in [6.45, 7) is 6.50. The summed E-state index contributed by atoms with van der Waals surface area (Å²) < 4.78 is 5.65. The predicted molar refractivity (Wildman–Crippen MR) is 75.4 cm³/mol. The number of aliphatic hydroxyl groups is 1. The molecule has 1 rings (SSSR count). The number of amides is 1. The second-order valence-corrected chi connectivity index (χ2v) is 4.86. The number of nitrogens with one attached hydrogen (secondary N) is 1. The molecule has 0 saturated heterocycles. The van der Waals surface area contributed by atoms with E-state index in [0.29, 0.717) is 12.1 Å². The molecule has 1 amide bonds. The van der Waals surface area contributed by atoms with Gasteiger partial charge in [0.25, 0.3) is 5.91 Å². The second kappa shape index (κ2) is 7.79. The molecule has 1 aromatic rings. The first-order chi connectivity index (χ1) is 9.06. The standard InChI is InChI=1S/C15H23NO3/c1-4-12(3)19-14-7-5-13(6-8-14)15(18)16-9-11(2)10-17/h5-8,11-12,17H,4,9-10H2,1-3H3,(H,16,18). The quantitative estimate of drug-likeness (QED) is 0.794. The van der Waals surface area contributed by atoms with Gasteiger partial charge in [-0.05, 0) is 43.5 Å². The van der Waals surface area contributed by atoms with Crippen molar-refractivity contribution in [1.29, 1.82) is 0 Å². The fourth-order valence-electron chi connectivity index (χ4n) is 1.43. The van der Waals surface area contributed by atoms with Crippen LogP contribution >= 0.6 is 0 Å². The molecule has 4 heteroatoms. The number of carbonyl (C=O) groups is 1. The molecular formula is C15H23NO3. The van der Waals surface area contributed by atoms with E-state index < -0.39 is 0 Å². The van der Waals surface area contributed by atoms with E-state index in [9.17, 15) is 4.79 Å². The second-order valence-electron chi connectivity index (χ2n) is 4.86. The molecule has 0 heterocycles. The van der Waals surface area contributed by atoms with Gasteiger partial charge in [0.1, 0.15) is 5.75 Å². The number of ether oxygens (including phenoxy) is 1.